The first kappa shape index (κ1) is 31.6. The highest BCUT2D eigenvalue weighted by Gasteiger charge is 2.37. The van der Waals surface area contributed by atoms with Crippen LogP contribution in [0.15, 0.2) is 95.0 Å². The molecular formula is C34H28BrClN2O7. The van der Waals surface area contributed by atoms with Crippen molar-refractivity contribution in [3.63, 3.8) is 0 Å². The van der Waals surface area contributed by atoms with E-state index in [-0.39, 0.29) is 23.0 Å². The number of carbonyl (C=O) groups excluding carboxylic acids is 3. The number of rotatable bonds is 11. The number of carbonyl (C=O) groups is 3. The van der Waals surface area contributed by atoms with E-state index in [0.717, 1.165) is 20.5 Å². The van der Waals surface area contributed by atoms with Crippen LogP contribution in [0.1, 0.15) is 23.6 Å². The molecule has 9 nitrogen and oxygen atoms in total. The molecule has 4 aromatic carbocycles. The molecule has 230 valence electrons. The summed E-state index contributed by atoms with van der Waals surface area (Å²) in [5.74, 6) is 0.156. The van der Waals surface area contributed by atoms with Crippen molar-refractivity contribution in [3.05, 3.63) is 117 Å². The summed E-state index contributed by atoms with van der Waals surface area (Å²) in [6, 6.07) is 24.2. The fourth-order valence-electron chi connectivity index (χ4n) is 4.53. The van der Waals surface area contributed by atoms with E-state index in [1.165, 1.54) is 6.08 Å². The van der Waals surface area contributed by atoms with Gasteiger partial charge in [-0.3, -0.25) is 14.9 Å². The molecule has 1 N–H and O–H groups in total. The number of imide groups is 2. The van der Waals surface area contributed by atoms with Gasteiger partial charge in [0.05, 0.1) is 24.4 Å². The number of halogens is 2. The Morgan fingerprint density at radius 3 is 2.27 bits per heavy atom. The third kappa shape index (κ3) is 7.47. The van der Waals surface area contributed by atoms with E-state index in [1.807, 2.05) is 55.5 Å². The van der Waals surface area contributed by atoms with Crippen molar-refractivity contribution in [2.75, 3.05) is 18.6 Å². The average molecular weight is 692 g/mol. The smallest absolute Gasteiger partial charge is 0.335 e. The van der Waals surface area contributed by atoms with Crippen LogP contribution in [0.3, 0.4) is 0 Å². The van der Waals surface area contributed by atoms with Crippen LogP contribution < -0.4 is 29.2 Å². The zero-order chi connectivity index (χ0) is 31.9. The second-order valence-corrected chi connectivity index (χ2v) is 11.1. The van der Waals surface area contributed by atoms with Crippen molar-refractivity contribution in [1.82, 2.24) is 5.32 Å². The molecule has 1 aliphatic rings. The van der Waals surface area contributed by atoms with Crippen molar-refractivity contribution < 1.29 is 33.3 Å². The predicted molar refractivity (Wildman–Crippen MR) is 174 cm³/mol. The Labute approximate surface area is 273 Å². The van der Waals surface area contributed by atoms with Crippen LogP contribution in [0.5, 0.6) is 23.0 Å². The van der Waals surface area contributed by atoms with Gasteiger partial charge in [0.2, 0.25) is 0 Å². The quantitative estimate of drug-likeness (QED) is 0.130. The van der Waals surface area contributed by atoms with Gasteiger partial charge in [-0.2, -0.15) is 0 Å². The third-order valence-electron chi connectivity index (χ3n) is 6.68. The number of hydrogen-bond donors (Lipinski definition) is 1. The van der Waals surface area contributed by atoms with Gasteiger partial charge in [0.15, 0.2) is 23.0 Å². The molecule has 0 aromatic heterocycles. The second kappa shape index (κ2) is 14.3. The van der Waals surface area contributed by atoms with Gasteiger partial charge in [0.1, 0.15) is 18.8 Å². The Hall–Kier alpha value is -4.80. The van der Waals surface area contributed by atoms with E-state index in [1.54, 1.807) is 43.5 Å². The maximum Gasteiger partial charge on any atom is 0.335 e. The summed E-state index contributed by atoms with van der Waals surface area (Å²) in [5.41, 5.74) is 2.30. The number of nitrogens with one attached hydrogen (secondary N) is 1. The minimum absolute atomic E-state index is 0.140. The van der Waals surface area contributed by atoms with Crippen LogP contribution in [0.25, 0.3) is 6.08 Å². The van der Waals surface area contributed by atoms with Gasteiger partial charge in [0, 0.05) is 4.47 Å². The molecule has 0 unspecified atom stereocenters. The number of nitrogens with zero attached hydrogens (tertiary/aromatic N) is 1. The Morgan fingerprint density at radius 2 is 1.56 bits per heavy atom. The first-order valence-corrected chi connectivity index (χ1v) is 15.0. The summed E-state index contributed by atoms with van der Waals surface area (Å²) < 4.78 is 24.2. The Kier molecular flexibility index (Phi) is 10.1. The van der Waals surface area contributed by atoms with Gasteiger partial charge >= 0.3 is 6.03 Å². The van der Waals surface area contributed by atoms with E-state index in [2.05, 4.69) is 21.2 Å². The maximum absolute atomic E-state index is 13.3. The van der Waals surface area contributed by atoms with E-state index in [9.17, 15) is 14.4 Å². The molecule has 1 aliphatic heterocycles. The van der Waals surface area contributed by atoms with E-state index in [4.69, 9.17) is 30.5 Å². The molecule has 0 radical (unpaired) electrons. The monoisotopic (exact) mass is 690 g/mol. The molecule has 0 atom stereocenters. The number of urea groups is 1. The number of barbiturate groups is 1. The Balaban J connectivity index is 1.35. The van der Waals surface area contributed by atoms with Gasteiger partial charge in [-0.25, -0.2) is 9.69 Å². The van der Waals surface area contributed by atoms with E-state index in [0.29, 0.717) is 41.7 Å². The predicted octanol–water partition coefficient (Wildman–Crippen LogP) is 7.33. The van der Waals surface area contributed by atoms with Crippen molar-refractivity contribution >= 4 is 57.1 Å². The lowest BCUT2D eigenvalue weighted by Crippen LogP contribution is -2.54. The fraction of sp³-hybridized carbons (Fsp3) is 0.147. The molecule has 0 saturated carbocycles. The molecule has 1 saturated heterocycles. The summed E-state index contributed by atoms with van der Waals surface area (Å²) in [6.45, 7) is 2.65. The minimum atomic E-state index is -0.839. The zero-order valence-corrected chi connectivity index (χ0v) is 26.7. The number of amides is 4. The SMILES string of the molecule is CCOc1cc(/C=C2\C(=O)NC(=O)N(c3ccc(Br)cc3)C2=O)cc(Cl)c1OCc1ccc(OCc2ccccc2)c(OC)c1. The van der Waals surface area contributed by atoms with Crippen LogP contribution in [0.2, 0.25) is 5.02 Å². The second-order valence-electron chi connectivity index (χ2n) is 9.75. The Morgan fingerprint density at radius 1 is 0.822 bits per heavy atom. The lowest BCUT2D eigenvalue weighted by atomic mass is 10.1. The summed E-state index contributed by atoms with van der Waals surface area (Å²) in [4.78, 5) is 39.4. The number of hydrogen-bond acceptors (Lipinski definition) is 7. The minimum Gasteiger partial charge on any atom is -0.493 e. The molecule has 0 bridgehead atoms. The molecule has 4 amide bonds. The maximum atomic E-state index is 13.3. The van der Waals surface area contributed by atoms with Crippen LogP contribution >= 0.6 is 27.5 Å². The van der Waals surface area contributed by atoms with Crippen LogP contribution in [-0.2, 0) is 22.8 Å². The number of anilines is 1. The molecule has 1 fully saturated rings. The molecule has 45 heavy (non-hydrogen) atoms. The molecule has 11 heteroatoms. The van der Waals surface area contributed by atoms with E-state index >= 15 is 0 Å². The lowest BCUT2D eigenvalue weighted by Gasteiger charge is -2.26. The molecule has 0 aliphatic carbocycles. The van der Waals surface area contributed by atoms with Crippen molar-refractivity contribution in [2.24, 2.45) is 0 Å². The van der Waals surface area contributed by atoms with E-state index < -0.39 is 17.8 Å². The van der Waals surface area contributed by atoms with Crippen molar-refractivity contribution in [1.29, 1.82) is 0 Å². The summed E-state index contributed by atoms with van der Waals surface area (Å²) >= 11 is 9.97. The first-order chi connectivity index (χ1) is 21.8. The van der Waals surface area contributed by atoms with Gasteiger partial charge < -0.3 is 18.9 Å². The molecular weight excluding hydrogens is 664 g/mol. The number of benzene rings is 4. The lowest BCUT2D eigenvalue weighted by molar-refractivity contribution is -0.122. The van der Waals surface area contributed by atoms with Crippen molar-refractivity contribution in [2.45, 2.75) is 20.1 Å². The molecule has 1 heterocycles. The van der Waals surface area contributed by atoms with Gasteiger partial charge in [-0.05, 0) is 78.2 Å². The van der Waals surface area contributed by atoms with Crippen LogP contribution in [0, 0.1) is 0 Å². The summed E-state index contributed by atoms with van der Waals surface area (Å²) in [5, 5.41) is 2.42. The van der Waals surface area contributed by atoms with Gasteiger partial charge in [-0.15, -0.1) is 0 Å². The highest BCUT2D eigenvalue weighted by Crippen LogP contribution is 2.39. The summed E-state index contributed by atoms with van der Waals surface area (Å²) in [6.07, 6.45) is 1.35. The number of ether oxygens (including phenoxy) is 4. The Bertz CT molecular complexity index is 1760. The fourth-order valence-corrected chi connectivity index (χ4v) is 5.07. The molecule has 0 spiro atoms. The third-order valence-corrected chi connectivity index (χ3v) is 7.49. The zero-order valence-electron chi connectivity index (χ0n) is 24.3. The normalized spacial score (nSPS) is 13.9. The van der Waals surface area contributed by atoms with Crippen LogP contribution in [-0.4, -0.2) is 31.6 Å². The van der Waals surface area contributed by atoms with Gasteiger partial charge in [0.25, 0.3) is 11.8 Å². The molecule has 4 aromatic rings. The first-order valence-electron chi connectivity index (χ1n) is 13.9. The highest BCUT2D eigenvalue weighted by molar-refractivity contribution is 9.10. The number of methoxy groups -OCH3 is 1. The van der Waals surface area contributed by atoms with Crippen molar-refractivity contribution in [3.8, 4) is 23.0 Å². The topological polar surface area (TPSA) is 103 Å². The summed E-state index contributed by atoms with van der Waals surface area (Å²) in [7, 11) is 1.57. The standard InChI is InChI=1S/C34H28BrClN2O7/c1-3-43-30-18-23(15-26-32(39)37-34(41)38(33(26)40)25-12-10-24(35)11-13-25)16-27(36)31(30)45-20-22-9-14-28(29(17-22)42-2)44-19-21-7-5-4-6-8-21/h4-18H,3,19-20H2,1-2H3,(H,37,39,41)/b26-15+. The largest absolute Gasteiger partial charge is 0.493 e. The van der Waals surface area contributed by atoms with Gasteiger partial charge in [-0.1, -0.05) is 63.9 Å². The highest BCUT2D eigenvalue weighted by atomic mass is 79.9. The van der Waals surface area contributed by atoms with Crippen LogP contribution in [0.4, 0.5) is 10.5 Å². The average Bonchev–Trinajstić information content (AvgIpc) is 3.03. The molecule has 5 rings (SSSR count).